The molecule has 1 unspecified atom stereocenters. The highest BCUT2D eigenvalue weighted by molar-refractivity contribution is 5.21. The maximum atomic E-state index is 13.5. The van der Waals surface area contributed by atoms with Crippen LogP contribution in [0.5, 0.6) is 0 Å². The lowest BCUT2D eigenvalue weighted by molar-refractivity contribution is 0.389. The second-order valence-corrected chi connectivity index (χ2v) is 4.20. The van der Waals surface area contributed by atoms with E-state index in [1.54, 1.807) is 7.05 Å². The van der Waals surface area contributed by atoms with Crippen molar-refractivity contribution in [1.82, 2.24) is 15.5 Å². The molecule has 0 saturated carbocycles. The Morgan fingerprint density at radius 3 is 2.74 bits per heavy atom. The van der Waals surface area contributed by atoms with E-state index in [0.717, 1.165) is 12.5 Å². The van der Waals surface area contributed by atoms with Crippen LogP contribution < -0.4 is 5.32 Å². The molecule has 0 radical (unpaired) electrons. The predicted molar refractivity (Wildman–Crippen MR) is 65.6 cm³/mol. The Balaban J connectivity index is 2.15. The first-order valence-electron chi connectivity index (χ1n) is 6.07. The summed E-state index contributed by atoms with van der Waals surface area (Å²) in [5, 5.41) is 10.8. The average molecular weight is 267 g/mol. The molecule has 0 saturated heterocycles. The molecule has 4 nitrogen and oxygen atoms in total. The molecule has 0 amide bonds. The Hall–Kier alpha value is -1.82. The van der Waals surface area contributed by atoms with Crippen LogP contribution in [0.1, 0.15) is 36.7 Å². The van der Waals surface area contributed by atoms with Crippen LogP contribution in [-0.4, -0.2) is 17.2 Å². The highest BCUT2D eigenvalue weighted by atomic mass is 19.1. The fourth-order valence-corrected chi connectivity index (χ4v) is 1.81. The Labute approximate surface area is 109 Å². The number of nitrogens with one attached hydrogen (secondary N) is 1. The first-order valence-corrected chi connectivity index (χ1v) is 6.07. The van der Waals surface area contributed by atoms with Gasteiger partial charge in [0.05, 0.1) is 12.5 Å². The van der Waals surface area contributed by atoms with E-state index in [2.05, 4.69) is 15.5 Å². The van der Waals surface area contributed by atoms with Gasteiger partial charge in [0.2, 0.25) is 11.8 Å². The average Bonchev–Trinajstić information content (AvgIpc) is 2.83. The lowest BCUT2D eigenvalue weighted by Crippen LogP contribution is -2.15. The van der Waals surface area contributed by atoms with Crippen molar-refractivity contribution < 1.29 is 13.2 Å². The van der Waals surface area contributed by atoms with E-state index in [1.807, 2.05) is 6.92 Å². The molecule has 1 aromatic carbocycles. The fourth-order valence-electron chi connectivity index (χ4n) is 1.81. The van der Waals surface area contributed by atoms with Crippen molar-refractivity contribution in [3.8, 4) is 0 Å². The number of halogens is 2. The molecule has 2 rings (SSSR count). The van der Waals surface area contributed by atoms with Crippen LogP contribution in [0.15, 0.2) is 22.6 Å². The van der Waals surface area contributed by atoms with Gasteiger partial charge in [0, 0.05) is 6.07 Å². The quantitative estimate of drug-likeness (QED) is 0.904. The van der Waals surface area contributed by atoms with Crippen LogP contribution in [0.25, 0.3) is 0 Å². The van der Waals surface area contributed by atoms with Crippen molar-refractivity contribution in [2.75, 3.05) is 7.05 Å². The third kappa shape index (κ3) is 3.14. The van der Waals surface area contributed by atoms with Crippen LogP contribution in [-0.2, 0) is 6.42 Å². The summed E-state index contributed by atoms with van der Waals surface area (Å²) in [6, 6.07) is 3.41. The van der Waals surface area contributed by atoms with Gasteiger partial charge in [-0.3, -0.25) is 0 Å². The summed E-state index contributed by atoms with van der Waals surface area (Å²) in [4.78, 5) is 0. The number of aromatic nitrogens is 2. The molecular formula is C13H15F2N3O. The van der Waals surface area contributed by atoms with Crippen molar-refractivity contribution in [1.29, 1.82) is 0 Å². The number of nitrogens with zero attached hydrogens (tertiary/aromatic N) is 2. The Bertz CT molecular complexity index is 553. The summed E-state index contributed by atoms with van der Waals surface area (Å²) in [5.74, 6) is -0.425. The standard InChI is InChI=1S/C13H15F2N3O/c1-3-11(16-2)13-18-17-12(19-13)6-8-4-5-9(14)7-10(8)15/h4-5,7,11,16H,3,6H2,1-2H3. The zero-order valence-electron chi connectivity index (χ0n) is 10.8. The van der Waals surface area contributed by atoms with Gasteiger partial charge in [-0.15, -0.1) is 10.2 Å². The van der Waals surface area contributed by atoms with E-state index in [-0.39, 0.29) is 12.5 Å². The summed E-state index contributed by atoms with van der Waals surface area (Å²) >= 11 is 0. The van der Waals surface area contributed by atoms with Crippen LogP contribution >= 0.6 is 0 Å². The first kappa shape index (κ1) is 13.6. The largest absolute Gasteiger partial charge is 0.423 e. The summed E-state index contributed by atoms with van der Waals surface area (Å²) in [7, 11) is 1.80. The second kappa shape index (κ2) is 5.88. The number of rotatable bonds is 5. The maximum absolute atomic E-state index is 13.5. The van der Waals surface area contributed by atoms with Gasteiger partial charge in [-0.25, -0.2) is 8.78 Å². The zero-order valence-corrected chi connectivity index (χ0v) is 10.8. The minimum absolute atomic E-state index is 0.0145. The SMILES string of the molecule is CCC(NC)c1nnc(Cc2ccc(F)cc2F)o1. The van der Waals surface area contributed by atoms with E-state index in [1.165, 1.54) is 12.1 Å². The van der Waals surface area contributed by atoms with Crippen molar-refractivity contribution in [3.63, 3.8) is 0 Å². The van der Waals surface area contributed by atoms with E-state index >= 15 is 0 Å². The minimum atomic E-state index is -0.611. The molecule has 6 heteroatoms. The van der Waals surface area contributed by atoms with Crippen LogP contribution in [0, 0.1) is 11.6 Å². The second-order valence-electron chi connectivity index (χ2n) is 4.20. The van der Waals surface area contributed by atoms with Crippen LogP contribution in [0.3, 0.4) is 0 Å². The summed E-state index contributed by atoms with van der Waals surface area (Å²) in [6.45, 7) is 1.99. The molecule has 0 aliphatic heterocycles. The van der Waals surface area contributed by atoms with Crippen molar-refractivity contribution in [3.05, 3.63) is 47.2 Å². The molecule has 1 heterocycles. The number of benzene rings is 1. The van der Waals surface area contributed by atoms with E-state index in [0.29, 0.717) is 17.3 Å². The Kier molecular flexibility index (Phi) is 4.21. The molecule has 1 aromatic heterocycles. The maximum Gasteiger partial charge on any atom is 0.233 e. The van der Waals surface area contributed by atoms with Crippen LogP contribution in [0.2, 0.25) is 0 Å². The first-order chi connectivity index (χ1) is 9.13. The lowest BCUT2D eigenvalue weighted by atomic mass is 10.1. The van der Waals surface area contributed by atoms with Crippen molar-refractivity contribution in [2.24, 2.45) is 0 Å². The van der Waals surface area contributed by atoms with E-state index in [4.69, 9.17) is 4.42 Å². The van der Waals surface area contributed by atoms with Crippen LogP contribution in [0.4, 0.5) is 8.78 Å². The Morgan fingerprint density at radius 2 is 2.11 bits per heavy atom. The smallest absolute Gasteiger partial charge is 0.233 e. The highest BCUT2D eigenvalue weighted by Gasteiger charge is 2.16. The normalized spacial score (nSPS) is 12.6. The van der Waals surface area contributed by atoms with E-state index in [9.17, 15) is 8.78 Å². The van der Waals surface area contributed by atoms with E-state index < -0.39 is 11.6 Å². The third-order valence-electron chi connectivity index (χ3n) is 2.89. The monoisotopic (exact) mass is 267 g/mol. The van der Waals surface area contributed by atoms with Gasteiger partial charge >= 0.3 is 0 Å². The molecule has 1 atom stereocenters. The minimum Gasteiger partial charge on any atom is -0.423 e. The third-order valence-corrected chi connectivity index (χ3v) is 2.89. The van der Waals surface area contributed by atoms with Gasteiger partial charge in [0.1, 0.15) is 11.6 Å². The predicted octanol–water partition coefficient (Wildman–Crippen LogP) is 2.61. The zero-order chi connectivity index (χ0) is 13.8. The molecule has 0 aliphatic carbocycles. The fraction of sp³-hybridized carbons (Fsp3) is 0.385. The molecular weight excluding hydrogens is 252 g/mol. The van der Waals surface area contributed by atoms with Crippen molar-refractivity contribution >= 4 is 0 Å². The molecule has 0 bridgehead atoms. The summed E-state index contributed by atoms with van der Waals surface area (Å²) < 4.78 is 31.8. The summed E-state index contributed by atoms with van der Waals surface area (Å²) in [5.41, 5.74) is 0.328. The molecule has 0 spiro atoms. The molecule has 19 heavy (non-hydrogen) atoms. The van der Waals surface area contributed by atoms with Gasteiger partial charge < -0.3 is 9.73 Å². The molecule has 1 N–H and O–H groups in total. The number of hydrogen-bond donors (Lipinski definition) is 1. The highest BCUT2D eigenvalue weighted by Crippen LogP contribution is 2.18. The molecule has 2 aromatic rings. The van der Waals surface area contributed by atoms with Gasteiger partial charge in [0.25, 0.3) is 0 Å². The lowest BCUT2D eigenvalue weighted by Gasteiger charge is -2.07. The molecule has 0 aliphatic rings. The topological polar surface area (TPSA) is 51.0 Å². The van der Waals surface area contributed by atoms with Gasteiger partial charge in [-0.2, -0.15) is 0 Å². The van der Waals surface area contributed by atoms with Crippen molar-refractivity contribution in [2.45, 2.75) is 25.8 Å². The van der Waals surface area contributed by atoms with Gasteiger partial charge in [-0.1, -0.05) is 13.0 Å². The molecule has 102 valence electrons. The summed E-state index contributed by atoms with van der Waals surface area (Å²) in [6.07, 6.45) is 0.961. The van der Waals surface area contributed by atoms with Gasteiger partial charge in [0.15, 0.2) is 0 Å². The van der Waals surface area contributed by atoms with Gasteiger partial charge in [-0.05, 0) is 25.1 Å². The molecule has 0 fully saturated rings. The number of hydrogen-bond acceptors (Lipinski definition) is 4. The Morgan fingerprint density at radius 1 is 1.32 bits per heavy atom.